The van der Waals surface area contributed by atoms with Crippen LogP contribution in [0.1, 0.15) is 36.5 Å². The van der Waals surface area contributed by atoms with E-state index in [9.17, 15) is 18.9 Å². The van der Waals surface area contributed by atoms with E-state index < -0.39 is 26.8 Å². The second-order valence-electron chi connectivity index (χ2n) is 10.9. The normalized spacial score (nSPS) is 15.0. The molecule has 0 aliphatic heterocycles. The van der Waals surface area contributed by atoms with Gasteiger partial charge in [-0.15, -0.1) is 0 Å². The second kappa shape index (κ2) is 19.2. The van der Waals surface area contributed by atoms with E-state index in [2.05, 4.69) is 31.1 Å². The number of nitrogens with zero attached hydrogens (tertiary/aromatic N) is 4. The van der Waals surface area contributed by atoms with Crippen molar-refractivity contribution >= 4 is 49.3 Å². The molecule has 5 aromatic rings. The zero-order valence-corrected chi connectivity index (χ0v) is 32.3. The molecule has 4 atom stereocenters. The van der Waals surface area contributed by atoms with E-state index in [1.54, 1.807) is 86.6 Å². The smallest absolute Gasteiger partial charge is 0.368 e. The van der Waals surface area contributed by atoms with Crippen molar-refractivity contribution < 1.29 is 57.5 Å². The Hall–Kier alpha value is -3.80. The van der Waals surface area contributed by atoms with Crippen LogP contribution in [0.15, 0.2) is 154 Å². The van der Waals surface area contributed by atoms with E-state index >= 15 is 0 Å². The second-order valence-corrected chi connectivity index (χ2v) is 14.7. The summed E-state index contributed by atoms with van der Waals surface area (Å²) in [6.07, 6.45) is 0. The molecule has 0 aliphatic rings. The van der Waals surface area contributed by atoms with Gasteiger partial charge in [-0.3, -0.25) is 9.13 Å². The van der Waals surface area contributed by atoms with Crippen LogP contribution in [0, 0.1) is 0 Å². The molecule has 0 saturated carbocycles. The largest absolute Gasteiger partial charge is 1.00 e. The third-order valence-electron chi connectivity index (χ3n) is 7.24. The first kappa shape index (κ1) is 40.0. The first-order valence-corrected chi connectivity index (χ1v) is 19.2. The van der Waals surface area contributed by atoms with Gasteiger partial charge in [0.15, 0.2) is 11.6 Å². The van der Waals surface area contributed by atoms with Gasteiger partial charge in [-0.05, 0) is 97.8 Å². The number of anilines is 2. The Kier molecular flexibility index (Phi) is 15.0. The van der Waals surface area contributed by atoms with Crippen LogP contribution in [-0.4, -0.2) is 23.0 Å². The number of hydrogen-bond donors (Lipinski definition) is 4. The van der Waals surface area contributed by atoms with Gasteiger partial charge in [-0.25, -0.2) is 0 Å². The molecule has 5 aromatic carbocycles. The number of rotatable bonds is 16. The molecule has 0 heterocycles. The summed E-state index contributed by atoms with van der Waals surface area (Å²) in [6, 6.07) is 38.9. The maximum absolute atomic E-state index is 13.6. The van der Waals surface area contributed by atoms with Crippen molar-refractivity contribution in [2.24, 2.45) is 20.5 Å². The quantitative estimate of drug-likeness (QED) is 0.0447. The molecule has 0 aromatic heterocycles. The fraction of sp³-hybridized carbons (Fsp3) is 0.167. The van der Waals surface area contributed by atoms with Crippen molar-refractivity contribution in [1.82, 2.24) is 0 Å². The Labute approximate surface area is 319 Å². The fourth-order valence-electron chi connectivity index (χ4n) is 4.91. The van der Waals surface area contributed by atoms with E-state index in [1.807, 2.05) is 60.7 Å². The molecular formula is C36H38N6NaO6P2+. The van der Waals surface area contributed by atoms with Crippen LogP contribution in [0.25, 0.3) is 0 Å². The summed E-state index contributed by atoms with van der Waals surface area (Å²) in [4.78, 5) is 22.2. The molecule has 0 amide bonds. The summed E-state index contributed by atoms with van der Waals surface area (Å²) in [6.45, 7) is 3.24. The Bertz CT molecular complexity index is 1850. The summed E-state index contributed by atoms with van der Waals surface area (Å²) in [7, 11) is -8.63. The predicted molar refractivity (Wildman–Crippen MR) is 196 cm³/mol. The Morgan fingerprint density at radius 1 is 0.529 bits per heavy atom. The fourth-order valence-corrected chi connectivity index (χ4v) is 7.65. The molecule has 0 bridgehead atoms. The van der Waals surface area contributed by atoms with Crippen molar-refractivity contribution in [3.63, 3.8) is 0 Å². The summed E-state index contributed by atoms with van der Waals surface area (Å²) >= 11 is 0. The van der Waals surface area contributed by atoms with Crippen molar-refractivity contribution in [1.29, 1.82) is 0 Å². The van der Waals surface area contributed by atoms with Crippen LogP contribution in [0.5, 0.6) is 0 Å². The van der Waals surface area contributed by atoms with Gasteiger partial charge >= 0.3 is 44.7 Å². The molecule has 4 unspecified atom stereocenters. The summed E-state index contributed by atoms with van der Waals surface area (Å²) in [5.74, 6) is -2.45. The Morgan fingerprint density at radius 2 is 0.863 bits per heavy atom. The average Bonchev–Trinajstić information content (AvgIpc) is 3.13. The van der Waals surface area contributed by atoms with Gasteiger partial charge in [0.25, 0.3) is 0 Å². The first-order chi connectivity index (χ1) is 24.2. The van der Waals surface area contributed by atoms with E-state index in [0.717, 1.165) is 0 Å². The summed E-state index contributed by atoms with van der Waals surface area (Å²) < 4.78 is 37.8. The van der Waals surface area contributed by atoms with E-state index in [-0.39, 0.29) is 42.8 Å². The zero-order chi connectivity index (χ0) is 35.4. The average molecular weight is 736 g/mol. The minimum Gasteiger partial charge on any atom is -0.368 e. The molecule has 0 fully saturated rings. The van der Waals surface area contributed by atoms with Gasteiger partial charge in [-0.2, -0.15) is 20.5 Å². The van der Waals surface area contributed by atoms with Crippen LogP contribution >= 0.6 is 15.2 Å². The van der Waals surface area contributed by atoms with E-state index in [4.69, 9.17) is 9.05 Å². The zero-order valence-electron chi connectivity index (χ0n) is 28.5. The van der Waals surface area contributed by atoms with Crippen molar-refractivity contribution in [3.05, 3.63) is 145 Å². The monoisotopic (exact) mass is 735 g/mol. The first-order valence-electron chi connectivity index (χ1n) is 15.9. The van der Waals surface area contributed by atoms with Crippen molar-refractivity contribution in [3.8, 4) is 0 Å². The van der Waals surface area contributed by atoms with E-state index in [1.165, 1.54) is 0 Å². The minimum atomic E-state index is -4.31. The van der Waals surface area contributed by atoms with Crippen LogP contribution in [0.3, 0.4) is 0 Å². The van der Waals surface area contributed by atoms with Gasteiger partial charge in [0.2, 0.25) is 0 Å². The molecule has 15 heteroatoms. The molecule has 0 aliphatic carbocycles. The van der Waals surface area contributed by atoms with Gasteiger partial charge in [0.1, 0.15) is 0 Å². The van der Waals surface area contributed by atoms with Crippen LogP contribution in [0.4, 0.5) is 34.1 Å². The molecule has 258 valence electrons. The Morgan fingerprint density at radius 3 is 1.20 bits per heavy atom. The molecule has 5 rings (SSSR count). The number of nitrogens with one attached hydrogen (secondary N) is 2. The van der Waals surface area contributed by atoms with Gasteiger partial charge < -0.3 is 29.5 Å². The SMILES string of the molecule is CCOP(=O)(O)C(Nc1ccc(N=Nc2ccccc2)cc1)c1cccc(C(Nc2ccc(N=Nc3ccccc3)cc2)P(=O)(O)OCC)c1.[Na+]. The summed E-state index contributed by atoms with van der Waals surface area (Å²) in [5.41, 5.74) is 4.35. The van der Waals surface area contributed by atoms with Crippen molar-refractivity contribution in [2.45, 2.75) is 25.4 Å². The minimum absolute atomic E-state index is 0. The number of hydrogen-bond acceptors (Lipinski definition) is 10. The van der Waals surface area contributed by atoms with Crippen molar-refractivity contribution in [2.75, 3.05) is 23.8 Å². The molecule has 51 heavy (non-hydrogen) atoms. The number of azo groups is 2. The molecule has 0 saturated heterocycles. The maximum Gasteiger partial charge on any atom is 1.00 e. The standard InChI is InChI=1S/C36H38N6O6P2.Na/c1-3-47-49(43,44)35(37-29-18-22-33(23-19-29)41-39-31-14-7-5-8-15-31)27-12-11-13-28(26-27)36(50(45,46)48-4-2)38-30-20-24-34(25-21-30)42-40-32-16-9-6-10-17-32;/h5-26,35-38H,3-4H2,1-2H3,(H,43,44)(H,45,46);/q;+1. The predicted octanol–water partition coefficient (Wildman–Crippen LogP) is 8.19. The Balaban J connectivity index is 0.00000583. The summed E-state index contributed by atoms with van der Waals surface area (Å²) in [5, 5.41) is 23.2. The third kappa shape index (κ3) is 11.6. The van der Waals surface area contributed by atoms with Crippen LogP contribution in [0.2, 0.25) is 0 Å². The molecule has 4 N–H and O–H groups in total. The topological polar surface area (TPSA) is 167 Å². The van der Waals surface area contributed by atoms with Gasteiger partial charge in [0, 0.05) is 11.4 Å². The van der Waals surface area contributed by atoms with Crippen LogP contribution in [-0.2, 0) is 18.2 Å². The van der Waals surface area contributed by atoms with Gasteiger partial charge in [0.05, 0.1) is 36.0 Å². The molecule has 0 spiro atoms. The molecular weight excluding hydrogens is 697 g/mol. The van der Waals surface area contributed by atoms with Gasteiger partial charge in [-0.1, -0.05) is 60.7 Å². The molecule has 0 radical (unpaired) electrons. The van der Waals surface area contributed by atoms with Crippen LogP contribution < -0.4 is 40.2 Å². The maximum atomic E-state index is 13.6. The number of benzene rings is 5. The van der Waals surface area contributed by atoms with E-state index in [0.29, 0.717) is 45.3 Å². The third-order valence-corrected chi connectivity index (χ3v) is 10.7. The molecule has 12 nitrogen and oxygen atoms in total.